The monoisotopic (exact) mass is 323 g/mol. The summed E-state index contributed by atoms with van der Waals surface area (Å²) < 4.78 is 0. The van der Waals surface area contributed by atoms with Gasteiger partial charge in [-0.3, -0.25) is 9.59 Å². The van der Waals surface area contributed by atoms with Gasteiger partial charge in [-0.2, -0.15) is 0 Å². The molecular formula is C16H25N3O2S. The third kappa shape index (κ3) is 4.29. The predicted molar refractivity (Wildman–Crippen MR) is 87.5 cm³/mol. The standard InChI is InChI=1S/C16H25N3O2S/c1-11(2)10-13(19-8-5-4-6-14(19)20)15(21)18-12(3)16-17-7-9-22-16/h7,9,11-13H,4-6,8,10H2,1-3H3,(H,18,21)/t12-,13+/m0/s1. The maximum Gasteiger partial charge on any atom is 0.243 e. The molecule has 1 fully saturated rings. The fraction of sp³-hybridized carbons (Fsp3) is 0.688. The molecule has 22 heavy (non-hydrogen) atoms. The molecule has 5 nitrogen and oxygen atoms in total. The molecule has 2 rings (SSSR count). The van der Waals surface area contributed by atoms with Crippen LogP contribution in [0.3, 0.4) is 0 Å². The van der Waals surface area contributed by atoms with Crippen LogP contribution in [-0.2, 0) is 9.59 Å². The number of hydrogen-bond donors (Lipinski definition) is 1. The molecule has 1 aliphatic heterocycles. The summed E-state index contributed by atoms with van der Waals surface area (Å²) >= 11 is 1.53. The van der Waals surface area contributed by atoms with Crippen molar-refractivity contribution in [2.24, 2.45) is 5.92 Å². The molecule has 1 N–H and O–H groups in total. The van der Waals surface area contributed by atoms with E-state index >= 15 is 0 Å². The molecule has 0 unspecified atom stereocenters. The highest BCUT2D eigenvalue weighted by molar-refractivity contribution is 7.09. The summed E-state index contributed by atoms with van der Waals surface area (Å²) in [7, 11) is 0. The van der Waals surface area contributed by atoms with Crippen molar-refractivity contribution in [3.8, 4) is 0 Å². The summed E-state index contributed by atoms with van der Waals surface area (Å²) in [6, 6.07) is -0.489. The highest BCUT2D eigenvalue weighted by Crippen LogP contribution is 2.21. The lowest BCUT2D eigenvalue weighted by molar-refractivity contribution is -0.143. The number of carbonyl (C=O) groups excluding carboxylic acids is 2. The fourth-order valence-corrected chi connectivity index (χ4v) is 3.44. The second-order valence-corrected chi connectivity index (χ2v) is 7.22. The van der Waals surface area contributed by atoms with E-state index in [1.54, 1.807) is 11.1 Å². The molecule has 1 aromatic rings. The third-order valence-corrected chi connectivity index (χ3v) is 4.87. The quantitative estimate of drug-likeness (QED) is 0.875. The summed E-state index contributed by atoms with van der Waals surface area (Å²) in [4.78, 5) is 30.9. The van der Waals surface area contributed by atoms with Crippen molar-refractivity contribution in [3.05, 3.63) is 16.6 Å². The van der Waals surface area contributed by atoms with E-state index in [9.17, 15) is 9.59 Å². The zero-order valence-electron chi connectivity index (χ0n) is 13.5. The number of rotatable bonds is 6. The summed E-state index contributed by atoms with van der Waals surface area (Å²) in [5, 5.41) is 5.81. The minimum Gasteiger partial charge on any atom is -0.345 e. The van der Waals surface area contributed by atoms with Crippen molar-refractivity contribution in [1.82, 2.24) is 15.2 Å². The Hall–Kier alpha value is -1.43. The highest BCUT2D eigenvalue weighted by atomic mass is 32.1. The van der Waals surface area contributed by atoms with Crippen molar-refractivity contribution in [3.63, 3.8) is 0 Å². The van der Waals surface area contributed by atoms with Gasteiger partial charge in [0.1, 0.15) is 11.0 Å². The molecule has 0 aromatic carbocycles. The molecule has 1 aromatic heterocycles. The van der Waals surface area contributed by atoms with Crippen LogP contribution >= 0.6 is 11.3 Å². The number of hydrogen-bond acceptors (Lipinski definition) is 4. The zero-order valence-corrected chi connectivity index (χ0v) is 14.4. The van der Waals surface area contributed by atoms with Crippen LogP contribution in [0.5, 0.6) is 0 Å². The summed E-state index contributed by atoms with van der Waals surface area (Å²) in [5.74, 6) is 0.404. The number of likely N-dealkylation sites (tertiary alicyclic amines) is 1. The van der Waals surface area contributed by atoms with Gasteiger partial charge in [-0.1, -0.05) is 13.8 Å². The van der Waals surface area contributed by atoms with Gasteiger partial charge in [-0.25, -0.2) is 4.98 Å². The first-order valence-electron chi connectivity index (χ1n) is 7.98. The Morgan fingerprint density at radius 1 is 1.41 bits per heavy atom. The topological polar surface area (TPSA) is 62.3 Å². The molecule has 1 saturated heterocycles. The molecule has 1 aliphatic rings. The van der Waals surface area contributed by atoms with Crippen molar-refractivity contribution in [1.29, 1.82) is 0 Å². The van der Waals surface area contributed by atoms with Crippen molar-refractivity contribution in [2.45, 2.75) is 58.5 Å². The van der Waals surface area contributed by atoms with Gasteiger partial charge in [-0.15, -0.1) is 11.3 Å². The zero-order chi connectivity index (χ0) is 16.1. The number of nitrogens with zero attached hydrogens (tertiary/aromatic N) is 2. The predicted octanol–water partition coefficient (Wildman–Crippen LogP) is 2.75. The maximum atomic E-state index is 12.7. The lowest BCUT2D eigenvalue weighted by atomic mass is 9.98. The first-order valence-corrected chi connectivity index (χ1v) is 8.86. The second kappa shape index (κ2) is 7.72. The van der Waals surface area contributed by atoms with E-state index in [0.29, 0.717) is 25.3 Å². The first kappa shape index (κ1) is 16.9. The molecule has 6 heteroatoms. The molecule has 2 amide bonds. The van der Waals surface area contributed by atoms with Crippen LogP contribution in [0.2, 0.25) is 0 Å². The Morgan fingerprint density at radius 3 is 2.77 bits per heavy atom. The number of carbonyl (C=O) groups is 2. The van der Waals surface area contributed by atoms with Gasteiger partial charge in [-0.05, 0) is 32.1 Å². The first-order chi connectivity index (χ1) is 10.5. The van der Waals surface area contributed by atoms with Gasteiger partial charge in [0.2, 0.25) is 11.8 Å². The Balaban J connectivity index is 2.07. The van der Waals surface area contributed by atoms with E-state index in [1.807, 2.05) is 12.3 Å². The lowest BCUT2D eigenvalue weighted by Crippen LogP contribution is -2.52. The number of aromatic nitrogens is 1. The smallest absolute Gasteiger partial charge is 0.243 e. The number of piperidine rings is 1. The molecule has 0 spiro atoms. The van der Waals surface area contributed by atoms with Gasteiger partial charge < -0.3 is 10.2 Å². The summed E-state index contributed by atoms with van der Waals surface area (Å²) in [6.07, 6.45) is 4.91. The van der Waals surface area contributed by atoms with Crippen LogP contribution in [0.1, 0.15) is 57.5 Å². The average molecular weight is 323 g/mol. The maximum absolute atomic E-state index is 12.7. The van der Waals surface area contributed by atoms with Crippen LogP contribution in [0.4, 0.5) is 0 Å². The fourth-order valence-electron chi connectivity index (χ4n) is 2.80. The number of amides is 2. The van der Waals surface area contributed by atoms with E-state index in [4.69, 9.17) is 0 Å². The SMILES string of the molecule is CC(C)C[C@H](C(=O)N[C@@H](C)c1nccs1)N1CCCCC1=O. The minimum absolute atomic E-state index is 0.0633. The second-order valence-electron chi connectivity index (χ2n) is 6.29. The molecule has 0 aliphatic carbocycles. The van der Waals surface area contributed by atoms with Gasteiger partial charge in [0.25, 0.3) is 0 Å². The van der Waals surface area contributed by atoms with Gasteiger partial charge >= 0.3 is 0 Å². The number of nitrogens with one attached hydrogen (secondary N) is 1. The summed E-state index contributed by atoms with van der Waals surface area (Å²) in [5.41, 5.74) is 0. The van der Waals surface area contributed by atoms with Crippen molar-refractivity contribution in [2.75, 3.05) is 6.54 Å². The van der Waals surface area contributed by atoms with Crippen LogP contribution in [0, 0.1) is 5.92 Å². The van der Waals surface area contributed by atoms with Crippen LogP contribution in [0.15, 0.2) is 11.6 Å². The lowest BCUT2D eigenvalue weighted by Gasteiger charge is -2.35. The molecule has 0 bridgehead atoms. The van der Waals surface area contributed by atoms with E-state index in [2.05, 4.69) is 24.1 Å². The van der Waals surface area contributed by atoms with Crippen LogP contribution in [0.25, 0.3) is 0 Å². The van der Waals surface area contributed by atoms with E-state index in [0.717, 1.165) is 17.8 Å². The average Bonchev–Trinajstić information content (AvgIpc) is 2.99. The van der Waals surface area contributed by atoms with Gasteiger partial charge in [0, 0.05) is 24.5 Å². The molecule has 2 heterocycles. The van der Waals surface area contributed by atoms with Crippen molar-refractivity contribution < 1.29 is 9.59 Å². The Labute approximate surface area is 136 Å². The Kier molecular flexibility index (Phi) is 5.94. The molecule has 0 saturated carbocycles. The number of thiazole rings is 1. The molecule has 122 valence electrons. The molecule has 2 atom stereocenters. The normalized spacial score (nSPS) is 18.4. The van der Waals surface area contributed by atoms with Gasteiger partial charge in [0.05, 0.1) is 6.04 Å². The largest absolute Gasteiger partial charge is 0.345 e. The van der Waals surface area contributed by atoms with Crippen LogP contribution in [-0.4, -0.2) is 34.3 Å². The summed E-state index contributed by atoms with van der Waals surface area (Å²) in [6.45, 7) is 6.79. The highest BCUT2D eigenvalue weighted by Gasteiger charge is 2.32. The van der Waals surface area contributed by atoms with Crippen LogP contribution < -0.4 is 5.32 Å². The Morgan fingerprint density at radius 2 is 2.18 bits per heavy atom. The Bertz CT molecular complexity index is 501. The molecular weight excluding hydrogens is 298 g/mol. The van der Waals surface area contributed by atoms with E-state index in [-0.39, 0.29) is 23.9 Å². The molecule has 0 radical (unpaired) electrons. The van der Waals surface area contributed by atoms with Gasteiger partial charge in [0.15, 0.2) is 0 Å². The minimum atomic E-state index is -0.366. The van der Waals surface area contributed by atoms with E-state index in [1.165, 1.54) is 11.3 Å². The van der Waals surface area contributed by atoms with E-state index < -0.39 is 0 Å². The third-order valence-electron chi connectivity index (χ3n) is 3.91. The van der Waals surface area contributed by atoms with Crippen molar-refractivity contribution >= 4 is 23.2 Å².